The first kappa shape index (κ1) is 22.0. The van der Waals surface area contributed by atoms with Gasteiger partial charge in [-0.1, -0.05) is 60.7 Å². The summed E-state index contributed by atoms with van der Waals surface area (Å²) in [6.07, 6.45) is 0.841. The fourth-order valence-corrected chi connectivity index (χ4v) is 4.60. The topological polar surface area (TPSA) is 58.0 Å². The molecular formula is C28H30N6. The Morgan fingerprint density at radius 3 is 2.00 bits per heavy atom. The molecule has 6 heteroatoms. The van der Waals surface area contributed by atoms with E-state index in [2.05, 4.69) is 75.2 Å². The van der Waals surface area contributed by atoms with Crippen molar-refractivity contribution in [3.63, 3.8) is 0 Å². The summed E-state index contributed by atoms with van der Waals surface area (Å²) in [6.45, 7) is 9.60. The molecule has 4 aromatic rings. The van der Waals surface area contributed by atoms with Crippen molar-refractivity contribution in [1.82, 2.24) is 19.9 Å². The Bertz CT molecular complexity index is 1270. The average molecular weight is 451 g/mol. The van der Waals surface area contributed by atoms with Crippen LogP contribution in [-0.4, -0.2) is 46.1 Å². The van der Waals surface area contributed by atoms with Crippen LogP contribution in [0.15, 0.2) is 66.7 Å². The van der Waals surface area contributed by atoms with Gasteiger partial charge in [-0.2, -0.15) is 0 Å². The zero-order valence-corrected chi connectivity index (χ0v) is 20.1. The van der Waals surface area contributed by atoms with E-state index in [9.17, 15) is 0 Å². The maximum Gasteiger partial charge on any atom is 0.136 e. The van der Waals surface area contributed by atoms with Crippen molar-refractivity contribution in [3.8, 4) is 11.3 Å². The molecular weight excluding hydrogens is 420 g/mol. The van der Waals surface area contributed by atoms with Gasteiger partial charge < -0.3 is 9.80 Å². The fraction of sp³-hybridized carbons (Fsp3) is 0.286. The summed E-state index contributed by atoms with van der Waals surface area (Å²) in [6, 6.07) is 23.0. The highest BCUT2D eigenvalue weighted by Gasteiger charge is 2.23. The highest BCUT2D eigenvalue weighted by Crippen LogP contribution is 2.27. The predicted molar refractivity (Wildman–Crippen MR) is 137 cm³/mol. The van der Waals surface area contributed by atoms with E-state index in [-0.39, 0.29) is 0 Å². The van der Waals surface area contributed by atoms with Crippen molar-refractivity contribution in [2.24, 2.45) is 0 Å². The molecule has 2 aromatic carbocycles. The highest BCUT2D eigenvalue weighted by atomic mass is 15.3. The van der Waals surface area contributed by atoms with Crippen LogP contribution in [0.4, 0.5) is 11.6 Å². The standard InChI is InChI=1S/C28H30N6/c1-20-25(18-23-10-6-4-7-11-23)28(32-21(2)29-20)34-16-14-33(15-17-34)27-19-26(30-22(3)31-27)24-12-8-5-9-13-24/h4-13,19H,14-18H2,1-3H3. The number of anilines is 2. The monoisotopic (exact) mass is 450 g/mol. The van der Waals surface area contributed by atoms with E-state index in [1.54, 1.807) is 0 Å². The van der Waals surface area contributed by atoms with Crippen molar-refractivity contribution >= 4 is 11.6 Å². The quantitative estimate of drug-likeness (QED) is 0.436. The first-order valence-corrected chi connectivity index (χ1v) is 11.9. The summed E-state index contributed by atoms with van der Waals surface area (Å²) in [7, 11) is 0. The van der Waals surface area contributed by atoms with Crippen LogP contribution in [0.5, 0.6) is 0 Å². The minimum Gasteiger partial charge on any atom is -0.353 e. The SMILES string of the molecule is Cc1nc(-c2ccccc2)cc(N2CCN(c3nc(C)nc(C)c3Cc3ccccc3)CC2)n1. The molecule has 0 amide bonds. The van der Waals surface area contributed by atoms with Gasteiger partial charge in [0.05, 0.1) is 5.69 Å². The van der Waals surface area contributed by atoms with E-state index in [1.165, 1.54) is 11.1 Å². The van der Waals surface area contributed by atoms with Crippen molar-refractivity contribution in [3.05, 3.63) is 95.2 Å². The Morgan fingerprint density at radius 2 is 1.29 bits per heavy atom. The number of aromatic nitrogens is 4. The molecule has 0 atom stereocenters. The van der Waals surface area contributed by atoms with E-state index in [1.807, 2.05) is 32.0 Å². The van der Waals surface area contributed by atoms with E-state index >= 15 is 0 Å². The molecule has 0 bridgehead atoms. The molecule has 2 aromatic heterocycles. The fourth-order valence-electron chi connectivity index (χ4n) is 4.60. The Kier molecular flexibility index (Phi) is 6.21. The number of benzene rings is 2. The highest BCUT2D eigenvalue weighted by molar-refractivity contribution is 5.63. The molecule has 1 aliphatic rings. The minimum absolute atomic E-state index is 0.797. The maximum atomic E-state index is 4.89. The number of rotatable bonds is 5. The number of piperazine rings is 1. The Balaban J connectivity index is 1.37. The lowest BCUT2D eigenvalue weighted by molar-refractivity contribution is 0.635. The van der Waals surface area contributed by atoms with Gasteiger partial charge in [0.25, 0.3) is 0 Å². The largest absolute Gasteiger partial charge is 0.353 e. The second-order valence-corrected chi connectivity index (χ2v) is 8.82. The second kappa shape index (κ2) is 9.59. The van der Waals surface area contributed by atoms with E-state index in [4.69, 9.17) is 9.97 Å². The van der Waals surface area contributed by atoms with E-state index in [0.29, 0.717) is 0 Å². The number of hydrogen-bond donors (Lipinski definition) is 0. The third kappa shape index (κ3) is 4.76. The van der Waals surface area contributed by atoms with E-state index in [0.717, 1.165) is 72.8 Å². The first-order valence-electron chi connectivity index (χ1n) is 11.9. The van der Waals surface area contributed by atoms with Crippen molar-refractivity contribution in [2.75, 3.05) is 36.0 Å². The molecule has 6 nitrogen and oxygen atoms in total. The molecule has 0 spiro atoms. The summed E-state index contributed by atoms with van der Waals surface area (Å²) >= 11 is 0. The van der Waals surface area contributed by atoms with Crippen LogP contribution >= 0.6 is 0 Å². The van der Waals surface area contributed by atoms with Crippen LogP contribution in [0.1, 0.15) is 28.5 Å². The third-order valence-corrected chi connectivity index (χ3v) is 6.32. The zero-order valence-electron chi connectivity index (χ0n) is 20.1. The number of hydrogen-bond acceptors (Lipinski definition) is 6. The molecule has 1 aliphatic heterocycles. The zero-order chi connectivity index (χ0) is 23.5. The molecule has 3 heterocycles. The molecule has 1 saturated heterocycles. The molecule has 0 N–H and O–H groups in total. The maximum absolute atomic E-state index is 4.89. The van der Waals surface area contributed by atoms with Crippen LogP contribution in [-0.2, 0) is 6.42 Å². The average Bonchev–Trinajstić information content (AvgIpc) is 2.86. The Morgan fingerprint density at radius 1 is 0.676 bits per heavy atom. The lowest BCUT2D eigenvalue weighted by Gasteiger charge is -2.37. The van der Waals surface area contributed by atoms with Gasteiger partial charge in [-0.05, 0) is 26.3 Å². The van der Waals surface area contributed by atoms with Gasteiger partial charge in [0.15, 0.2) is 0 Å². The van der Waals surface area contributed by atoms with Gasteiger partial charge in [0, 0.05) is 55.5 Å². The number of nitrogens with zero attached hydrogens (tertiary/aromatic N) is 6. The first-order chi connectivity index (χ1) is 16.6. The van der Waals surface area contributed by atoms with Crippen molar-refractivity contribution < 1.29 is 0 Å². The van der Waals surface area contributed by atoms with Crippen LogP contribution in [0, 0.1) is 20.8 Å². The molecule has 0 radical (unpaired) electrons. The Labute approximate surface area is 201 Å². The van der Waals surface area contributed by atoms with Gasteiger partial charge >= 0.3 is 0 Å². The van der Waals surface area contributed by atoms with Gasteiger partial charge in [-0.25, -0.2) is 19.9 Å². The second-order valence-electron chi connectivity index (χ2n) is 8.82. The lowest BCUT2D eigenvalue weighted by Crippen LogP contribution is -2.47. The summed E-state index contributed by atoms with van der Waals surface area (Å²) in [4.78, 5) is 23.7. The number of aryl methyl sites for hydroxylation is 3. The van der Waals surface area contributed by atoms with Gasteiger partial charge in [0.2, 0.25) is 0 Å². The van der Waals surface area contributed by atoms with Crippen LogP contribution in [0.25, 0.3) is 11.3 Å². The third-order valence-electron chi connectivity index (χ3n) is 6.32. The van der Waals surface area contributed by atoms with Crippen molar-refractivity contribution in [1.29, 1.82) is 0 Å². The predicted octanol–water partition coefficient (Wildman–Crippen LogP) is 4.78. The molecule has 5 rings (SSSR count). The summed E-state index contributed by atoms with van der Waals surface area (Å²) < 4.78 is 0. The summed E-state index contributed by atoms with van der Waals surface area (Å²) in [5, 5.41) is 0. The van der Waals surface area contributed by atoms with Crippen LogP contribution < -0.4 is 9.80 Å². The Hall–Kier alpha value is -3.80. The smallest absolute Gasteiger partial charge is 0.136 e. The normalized spacial score (nSPS) is 13.9. The van der Waals surface area contributed by atoms with Crippen LogP contribution in [0.2, 0.25) is 0 Å². The van der Waals surface area contributed by atoms with Crippen LogP contribution in [0.3, 0.4) is 0 Å². The minimum atomic E-state index is 0.797. The molecule has 0 saturated carbocycles. The lowest BCUT2D eigenvalue weighted by atomic mass is 10.0. The molecule has 1 fully saturated rings. The van der Waals surface area contributed by atoms with Gasteiger partial charge in [0.1, 0.15) is 23.3 Å². The summed E-state index contributed by atoms with van der Waals surface area (Å²) in [5.41, 5.74) is 5.65. The molecule has 172 valence electrons. The molecule has 34 heavy (non-hydrogen) atoms. The van der Waals surface area contributed by atoms with E-state index < -0.39 is 0 Å². The van der Waals surface area contributed by atoms with Gasteiger partial charge in [-0.3, -0.25) is 0 Å². The van der Waals surface area contributed by atoms with Gasteiger partial charge in [-0.15, -0.1) is 0 Å². The van der Waals surface area contributed by atoms with Crippen molar-refractivity contribution in [2.45, 2.75) is 27.2 Å². The molecule has 0 aliphatic carbocycles. The molecule has 0 unspecified atom stereocenters. The summed E-state index contributed by atoms with van der Waals surface area (Å²) in [5.74, 6) is 3.68.